The number of benzene rings is 2. The second kappa shape index (κ2) is 5.94. The number of rotatable bonds is 3. The van der Waals surface area contributed by atoms with Gasteiger partial charge in [-0.3, -0.25) is 0 Å². The van der Waals surface area contributed by atoms with E-state index in [0.29, 0.717) is 0 Å². The summed E-state index contributed by atoms with van der Waals surface area (Å²) in [5.41, 5.74) is 3.69. The van der Waals surface area contributed by atoms with E-state index in [9.17, 15) is 4.79 Å². The second-order valence-corrected chi connectivity index (χ2v) is 5.28. The topological polar surface area (TPSA) is 38.7 Å². The zero-order valence-corrected chi connectivity index (χ0v) is 12.0. The first kappa shape index (κ1) is 13.6. The Morgan fingerprint density at radius 1 is 1.19 bits per heavy atom. The van der Waals surface area contributed by atoms with Crippen LogP contribution < -0.4 is 4.74 Å². The molecule has 0 saturated carbocycles. The van der Waals surface area contributed by atoms with Gasteiger partial charge in [0, 0.05) is 5.92 Å². The van der Waals surface area contributed by atoms with Gasteiger partial charge in [0.1, 0.15) is 5.75 Å². The van der Waals surface area contributed by atoms with Gasteiger partial charge < -0.3 is 4.74 Å². The molecule has 0 fully saturated rings. The monoisotopic (exact) mass is 279 g/mol. The second-order valence-electron chi connectivity index (χ2n) is 5.28. The van der Waals surface area contributed by atoms with Crippen LogP contribution in [0.4, 0.5) is 0 Å². The van der Waals surface area contributed by atoms with Crippen molar-refractivity contribution in [2.24, 2.45) is 4.99 Å². The third-order valence-electron chi connectivity index (χ3n) is 4.16. The van der Waals surface area contributed by atoms with E-state index in [1.54, 1.807) is 13.2 Å². The summed E-state index contributed by atoms with van der Waals surface area (Å²) in [6, 6.07) is 16.3. The Morgan fingerprint density at radius 2 is 2.00 bits per heavy atom. The lowest BCUT2D eigenvalue weighted by atomic mass is 9.76. The van der Waals surface area contributed by atoms with Gasteiger partial charge in [0.05, 0.1) is 13.2 Å². The number of aliphatic imine (C=N–C) groups is 1. The molecule has 3 rings (SSSR count). The summed E-state index contributed by atoms with van der Waals surface area (Å²) in [5.74, 6) is 0.928. The standard InChI is InChI=1S/C18H17NO2/c1-21-15-9-7-13-8-10-17(19-12-20)18(16(13)11-15)14-5-3-2-4-6-14/h2-7,9,11,17-18H,8,10H2,1H3/t17-,18-/m1/s1. The predicted molar refractivity (Wildman–Crippen MR) is 81.5 cm³/mol. The number of fused-ring (bicyclic) bond motifs is 1. The number of hydrogen-bond acceptors (Lipinski definition) is 3. The minimum absolute atomic E-state index is 0.0514. The van der Waals surface area contributed by atoms with Crippen LogP contribution in [-0.2, 0) is 11.2 Å². The molecule has 2 aromatic rings. The van der Waals surface area contributed by atoms with Gasteiger partial charge in [-0.1, -0.05) is 36.4 Å². The minimum Gasteiger partial charge on any atom is -0.497 e. The van der Waals surface area contributed by atoms with E-state index < -0.39 is 0 Å². The maximum Gasteiger partial charge on any atom is 0.235 e. The van der Waals surface area contributed by atoms with Gasteiger partial charge in [-0.25, -0.2) is 9.79 Å². The Bertz CT molecular complexity index is 675. The van der Waals surface area contributed by atoms with Crippen molar-refractivity contribution in [3.63, 3.8) is 0 Å². The van der Waals surface area contributed by atoms with Crippen LogP contribution in [0.25, 0.3) is 0 Å². The third kappa shape index (κ3) is 2.61. The highest BCUT2D eigenvalue weighted by Gasteiger charge is 2.31. The number of aryl methyl sites for hydroxylation is 1. The Balaban J connectivity index is 2.14. The molecule has 21 heavy (non-hydrogen) atoms. The molecule has 3 heteroatoms. The van der Waals surface area contributed by atoms with Gasteiger partial charge in [-0.05, 0) is 41.7 Å². The first-order valence-electron chi connectivity index (χ1n) is 7.12. The van der Waals surface area contributed by atoms with Crippen LogP contribution in [0.2, 0.25) is 0 Å². The van der Waals surface area contributed by atoms with Crippen molar-refractivity contribution in [2.45, 2.75) is 24.8 Å². The molecule has 0 radical (unpaired) electrons. The van der Waals surface area contributed by atoms with E-state index >= 15 is 0 Å². The summed E-state index contributed by atoms with van der Waals surface area (Å²) in [4.78, 5) is 14.8. The summed E-state index contributed by atoms with van der Waals surface area (Å²) < 4.78 is 5.35. The van der Waals surface area contributed by atoms with Crippen LogP contribution in [0, 0.1) is 0 Å². The molecule has 3 nitrogen and oxygen atoms in total. The maximum absolute atomic E-state index is 10.8. The molecule has 106 valence electrons. The van der Waals surface area contributed by atoms with Crippen LogP contribution in [0.15, 0.2) is 53.5 Å². The van der Waals surface area contributed by atoms with Crippen LogP contribution in [-0.4, -0.2) is 19.2 Å². The largest absolute Gasteiger partial charge is 0.497 e. The molecule has 0 N–H and O–H groups in total. The van der Waals surface area contributed by atoms with Crippen molar-refractivity contribution in [3.8, 4) is 5.75 Å². The zero-order valence-electron chi connectivity index (χ0n) is 12.0. The molecule has 0 saturated heterocycles. The van der Waals surface area contributed by atoms with Crippen molar-refractivity contribution >= 4 is 6.08 Å². The summed E-state index contributed by atoms with van der Waals surface area (Å²) in [7, 11) is 1.67. The SMILES string of the molecule is COc1ccc2c(c1)[C@@H](c1ccccc1)[C@H](N=C=O)CC2. The van der Waals surface area contributed by atoms with Gasteiger partial charge in [-0.15, -0.1) is 0 Å². The Kier molecular flexibility index (Phi) is 3.85. The number of hydrogen-bond donors (Lipinski definition) is 0. The van der Waals surface area contributed by atoms with Crippen molar-refractivity contribution < 1.29 is 9.53 Å². The van der Waals surface area contributed by atoms with Gasteiger partial charge in [-0.2, -0.15) is 0 Å². The molecule has 2 atom stereocenters. The van der Waals surface area contributed by atoms with Crippen LogP contribution in [0.1, 0.15) is 29.0 Å². The van der Waals surface area contributed by atoms with Crippen molar-refractivity contribution in [1.82, 2.24) is 0 Å². The fourth-order valence-electron chi connectivity index (χ4n) is 3.16. The first-order valence-corrected chi connectivity index (χ1v) is 7.12. The van der Waals surface area contributed by atoms with Crippen molar-refractivity contribution in [1.29, 1.82) is 0 Å². The fraction of sp³-hybridized carbons (Fsp3) is 0.278. The Morgan fingerprint density at radius 3 is 2.71 bits per heavy atom. The Hall–Kier alpha value is -2.38. The average Bonchev–Trinajstić information content (AvgIpc) is 2.55. The van der Waals surface area contributed by atoms with E-state index in [1.807, 2.05) is 24.3 Å². The highest BCUT2D eigenvalue weighted by Crippen LogP contribution is 2.39. The molecular weight excluding hydrogens is 262 g/mol. The van der Waals surface area contributed by atoms with Gasteiger partial charge in [0.15, 0.2) is 0 Å². The third-order valence-corrected chi connectivity index (χ3v) is 4.16. The molecule has 0 amide bonds. The molecule has 1 aliphatic rings. The number of carbonyl (C=O) groups excluding carboxylic acids is 1. The van der Waals surface area contributed by atoms with Crippen molar-refractivity contribution in [2.75, 3.05) is 7.11 Å². The number of methoxy groups -OCH3 is 1. The van der Waals surface area contributed by atoms with E-state index in [0.717, 1.165) is 18.6 Å². The first-order chi connectivity index (χ1) is 10.3. The Labute approximate surface area is 124 Å². The molecular formula is C18H17NO2. The van der Waals surface area contributed by atoms with Gasteiger partial charge in [0.2, 0.25) is 6.08 Å². The van der Waals surface area contributed by atoms with Gasteiger partial charge in [0.25, 0.3) is 0 Å². The minimum atomic E-state index is -0.0514. The number of ether oxygens (including phenoxy) is 1. The lowest BCUT2D eigenvalue weighted by Crippen LogP contribution is -2.25. The highest BCUT2D eigenvalue weighted by molar-refractivity contribution is 5.47. The molecule has 0 heterocycles. The van der Waals surface area contributed by atoms with E-state index in [4.69, 9.17) is 4.74 Å². The molecule has 0 unspecified atom stereocenters. The zero-order chi connectivity index (χ0) is 14.7. The van der Waals surface area contributed by atoms with E-state index in [1.165, 1.54) is 16.7 Å². The number of isocyanates is 1. The summed E-state index contributed by atoms with van der Waals surface area (Å²) in [6.45, 7) is 0. The molecule has 0 aliphatic heterocycles. The molecule has 0 bridgehead atoms. The van der Waals surface area contributed by atoms with E-state index in [-0.39, 0.29) is 12.0 Å². The quantitative estimate of drug-likeness (QED) is 0.637. The summed E-state index contributed by atoms with van der Waals surface area (Å²) in [6.07, 6.45) is 3.54. The predicted octanol–water partition coefficient (Wildman–Crippen LogP) is 3.48. The summed E-state index contributed by atoms with van der Waals surface area (Å²) in [5, 5.41) is 0. The lowest BCUT2D eigenvalue weighted by molar-refractivity contribution is 0.412. The molecule has 1 aliphatic carbocycles. The molecule has 0 spiro atoms. The van der Waals surface area contributed by atoms with Crippen LogP contribution in [0.3, 0.4) is 0 Å². The smallest absolute Gasteiger partial charge is 0.235 e. The van der Waals surface area contributed by atoms with Crippen molar-refractivity contribution in [3.05, 3.63) is 65.2 Å². The fourth-order valence-corrected chi connectivity index (χ4v) is 3.16. The average molecular weight is 279 g/mol. The van der Waals surface area contributed by atoms with E-state index in [2.05, 4.69) is 29.3 Å². The highest BCUT2D eigenvalue weighted by atomic mass is 16.5. The molecule has 2 aromatic carbocycles. The van der Waals surface area contributed by atoms with Crippen LogP contribution >= 0.6 is 0 Å². The summed E-state index contributed by atoms with van der Waals surface area (Å²) >= 11 is 0. The molecule has 0 aromatic heterocycles. The van der Waals surface area contributed by atoms with Crippen LogP contribution in [0.5, 0.6) is 5.75 Å². The number of nitrogens with zero attached hydrogens (tertiary/aromatic N) is 1. The maximum atomic E-state index is 10.8. The lowest BCUT2D eigenvalue weighted by Gasteiger charge is -2.31. The normalized spacial score (nSPS) is 20.2. The van der Waals surface area contributed by atoms with Gasteiger partial charge >= 0.3 is 0 Å².